The molecule has 6 nitrogen and oxygen atoms in total. The van der Waals surface area contributed by atoms with Crippen molar-refractivity contribution in [3.63, 3.8) is 0 Å². The Morgan fingerprint density at radius 3 is 2.28 bits per heavy atom. The highest BCUT2D eigenvalue weighted by Crippen LogP contribution is 2.38. The van der Waals surface area contributed by atoms with Crippen LogP contribution in [0.25, 0.3) is 6.08 Å². The molecule has 1 saturated heterocycles. The number of rotatable bonds is 7. The van der Waals surface area contributed by atoms with Crippen molar-refractivity contribution in [2.24, 2.45) is 0 Å². The first-order chi connectivity index (χ1) is 14.1. The molecule has 154 valence electrons. The van der Waals surface area contributed by atoms with Gasteiger partial charge in [-0.3, -0.25) is 4.79 Å². The number of halogens is 1. The zero-order valence-corrected chi connectivity index (χ0v) is 16.8. The molecule has 0 unspecified atom stereocenters. The van der Waals surface area contributed by atoms with Crippen LogP contribution in [0, 0.1) is 5.82 Å². The second-order valence-electron chi connectivity index (χ2n) is 6.55. The van der Waals surface area contributed by atoms with Gasteiger partial charge in [0.05, 0.1) is 21.3 Å². The lowest BCUT2D eigenvalue weighted by Gasteiger charge is -2.30. The lowest BCUT2D eigenvalue weighted by molar-refractivity contribution is 0.104. The molecule has 0 amide bonds. The standard InChI is InChI=1S/C22H25FN2O4/c1-27-20-12-16(13-21(28-2)22(20)29-3)19(26)7-5-15-4-6-17(23)14-18(15)25-10-8-24-9-11-25/h4-7,12-14,24H,8-11H2,1-3H3/b7-5+. The van der Waals surface area contributed by atoms with Gasteiger partial charge in [-0.1, -0.05) is 0 Å². The molecule has 0 spiro atoms. The third-order valence-corrected chi connectivity index (χ3v) is 4.81. The van der Waals surface area contributed by atoms with Gasteiger partial charge in [0.1, 0.15) is 5.82 Å². The Labute approximate surface area is 169 Å². The third kappa shape index (κ3) is 4.68. The van der Waals surface area contributed by atoms with E-state index < -0.39 is 0 Å². The van der Waals surface area contributed by atoms with Gasteiger partial charge in [0, 0.05) is 37.4 Å². The first-order valence-corrected chi connectivity index (χ1v) is 9.35. The van der Waals surface area contributed by atoms with Gasteiger partial charge in [0.25, 0.3) is 0 Å². The second-order valence-corrected chi connectivity index (χ2v) is 6.55. The van der Waals surface area contributed by atoms with Crippen LogP contribution in [0.1, 0.15) is 15.9 Å². The molecule has 1 aliphatic heterocycles. The highest BCUT2D eigenvalue weighted by atomic mass is 19.1. The van der Waals surface area contributed by atoms with E-state index in [-0.39, 0.29) is 11.6 Å². The van der Waals surface area contributed by atoms with Gasteiger partial charge in [-0.25, -0.2) is 4.39 Å². The fraction of sp³-hybridized carbons (Fsp3) is 0.318. The molecular formula is C22H25FN2O4. The fourth-order valence-electron chi connectivity index (χ4n) is 3.32. The molecule has 0 aromatic heterocycles. The van der Waals surface area contributed by atoms with Gasteiger partial charge < -0.3 is 24.4 Å². The molecule has 2 aromatic carbocycles. The number of anilines is 1. The fourth-order valence-corrected chi connectivity index (χ4v) is 3.32. The normalized spacial score (nSPS) is 14.1. The molecule has 1 N–H and O–H groups in total. The van der Waals surface area contributed by atoms with Gasteiger partial charge in [0.15, 0.2) is 17.3 Å². The highest BCUT2D eigenvalue weighted by Gasteiger charge is 2.17. The van der Waals surface area contributed by atoms with E-state index in [2.05, 4.69) is 10.2 Å². The van der Waals surface area contributed by atoms with Crippen molar-refractivity contribution in [3.8, 4) is 17.2 Å². The van der Waals surface area contributed by atoms with Crippen molar-refractivity contribution in [2.75, 3.05) is 52.4 Å². The summed E-state index contributed by atoms with van der Waals surface area (Å²) in [6.07, 6.45) is 3.18. The zero-order chi connectivity index (χ0) is 20.8. The van der Waals surface area contributed by atoms with E-state index in [0.29, 0.717) is 22.8 Å². The van der Waals surface area contributed by atoms with Crippen molar-refractivity contribution in [3.05, 3.63) is 53.4 Å². The van der Waals surface area contributed by atoms with Crippen LogP contribution >= 0.6 is 0 Å². The number of hydrogen-bond acceptors (Lipinski definition) is 6. The molecule has 0 saturated carbocycles. The number of benzene rings is 2. The predicted octanol–water partition coefficient (Wildman–Crippen LogP) is 3.16. The number of methoxy groups -OCH3 is 3. The number of allylic oxidation sites excluding steroid dienone is 1. The van der Waals surface area contributed by atoms with Gasteiger partial charge in [0.2, 0.25) is 5.75 Å². The minimum absolute atomic E-state index is 0.222. The molecule has 0 radical (unpaired) electrons. The van der Waals surface area contributed by atoms with Crippen molar-refractivity contribution in [1.29, 1.82) is 0 Å². The van der Waals surface area contributed by atoms with E-state index in [4.69, 9.17) is 14.2 Å². The average molecular weight is 400 g/mol. The Balaban J connectivity index is 1.89. The molecule has 3 rings (SSSR count). The van der Waals surface area contributed by atoms with Gasteiger partial charge in [-0.05, 0) is 48.0 Å². The smallest absolute Gasteiger partial charge is 0.203 e. The van der Waals surface area contributed by atoms with Crippen molar-refractivity contribution >= 4 is 17.5 Å². The minimum Gasteiger partial charge on any atom is -0.493 e. The third-order valence-electron chi connectivity index (χ3n) is 4.81. The average Bonchev–Trinajstić information content (AvgIpc) is 2.77. The topological polar surface area (TPSA) is 60.0 Å². The summed E-state index contributed by atoms with van der Waals surface area (Å²) in [6.45, 7) is 3.24. The monoisotopic (exact) mass is 400 g/mol. The van der Waals surface area contributed by atoms with Crippen LogP contribution in [0.15, 0.2) is 36.4 Å². The van der Waals surface area contributed by atoms with E-state index in [0.717, 1.165) is 37.4 Å². The molecule has 0 bridgehead atoms. The Kier molecular flexibility index (Phi) is 6.72. The van der Waals surface area contributed by atoms with Crippen LogP contribution in [0.5, 0.6) is 17.2 Å². The van der Waals surface area contributed by atoms with Crippen molar-refractivity contribution in [2.45, 2.75) is 0 Å². The summed E-state index contributed by atoms with van der Waals surface area (Å²) in [5.74, 6) is 0.723. The van der Waals surface area contributed by atoms with E-state index in [9.17, 15) is 9.18 Å². The largest absolute Gasteiger partial charge is 0.493 e. The molecule has 2 aromatic rings. The molecular weight excluding hydrogens is 375 g/mol. The predicted molar refractivity (Wildman–Crippen MR) is 111 cm³/mol. The molecule has 0 aliphatic carbocycles. The summed E-state index contributed by atoms with van der Waals surface area (Å²) in [5, 5.41) is 3.28. The summed E-state index contributed by atoms with van der Waals surface area (Å²) in [5.41, 5.74) is 1.97. The maximum atomic E-state index is 13.8. The number of hydrogen-bond donors (Lipinski definition) is 1. The summed E-state index contributed by atoms with van der Waals surface area (Å²) in [4.78, 5) is 14.9. The SMILES string of the molecule is COc1cc(C(=O)/C=C/c2ccc(F)cc2N2CCNCC2)cc(OC)c1OC. The molecule has 7 heteroatoms. The van der Waals surface area contributed by atoms with E-state index in [1.165, 1.54) is 39.5 Å². The van der Waals surface area contributed by atoms with Crippen LogP contribution < -0.4 is 24.4 Å². The number of carbonyl (C=O) groups is 1. The maximum absolute atomic E-state index is 13.8. The quantitative estimate of drug-likeness (QED) is 0.569. The molecule has 1 aliphatic rings. The van der Waals surface area contributed by atoms with E-state index >= 15 is 0 Å². The molecule has 1 fully saturated rings. The number of nitrogens with one attached hydrogen (secondary N) is 1. The van der Waals surface area contributed by atoms with Crippen LogP contribution in [0.4, 0.5) is 10.1 Å². The van der Waals surface area contributed by atoms with E-state index in [1.807, 2.05) is 0 Å². The highest BCUT2D eigenvalue weighted by molar-refractivity contribution is 6.07. The second kappa shape index (κ2) is 9.43. The van der Waals surface area contributed by atoms with Crippen LogP contribution in [-0.2, 0) is 0 Å². The van der Waals surface area contributed by atoms with Crippen molar-refractivity contribution < 1.29 is 23.4 Å². The Bertz CT molecular complexity index is 883. The Morgan fingerprint density at radius 1 is 1.03 bits per heavy atom. The minimum atomic E-state index is -0.299. The van der Waals surface area contributed by atoms with E-state index in [1.54, 1.807) is 24.3 Å². The first-order valence-electron chi connectivity index (χ1n) is 9.35. The zero-order valence-electron chi connectivity index (χ0n) is 16.8. The lowest BCUT2D eigenvalue weighted by Crippen LogP contribution is -2.43. The maximum Gasteiger partial charge on any atom is 0.203 e. The number of ether oxygens (including phenoxy) is 3. The van der Waals surface area contributed by atoms with Crippen LogP contribution in [-0.4, -0.2) is 53.3 Å². The summed E-state index contributed by atoms with van der Waals surface area (Å²) < 4.78 is 29.7. The van der Waals surface area contributed by atoms with Crippen molar-refractivity contribution in [1.82, 2.24) is 5.32 Å². The number of carbonyl (C=O) groups excluding carboxylic acids is 1. The lowest BCUT2D eigenvalue weighted by atomic mass is 10.1. The Morgan fingerprint density at radius 2 is 1.69 bits per heavy atom. The van der Waals surface area contributed by atoms with Crippen LogP contribution in [0.3, 0.4) is 0 Å². The van der Waals surface area contributed by atoms with Crippen LogP contribution in [0.2, 0.25) is 0 Å². The number of piperazine rings is 1. The van der Waals surface area contributed by atoms with Gasteiger partial charge >= 0.3 is 0 Å². The molecule has 29 heavy (non-hydrogen) atoms. The number of ketones is 1. The molecule has 0 atom stereocenters. The first kappa shape index (κ1) is 20.7. The summed E-state index contributed by atoms with van der Waals surface area (Å²) >= 11 is 0. The molecule has 1 heterocycles. The Hall–Kier alpha value is -3.06. The van der Waals surface area contributed by atoms with Gasteiger partial charge in [-0.15, -0.1) is 0 Å². The summed E-state index contributed by atoms with van der Waals surface area (Å²) in [6, 6.07) is 7.81. The van der Waals surface area contributed by atoms with Gasteiger partial charge in [-0.2, -0.15) is 0 Å². The number of nitrogens with zero attached hydrogens (tertiary/aromatic N) is 1. The summed E-state index contributed by atoms with van der Waals surface area (Å²) in [7, 11) is 4.51.